The second-order valence-electron chi connectivity index (χ2n) is 2.03. The van der Waals surface area contributed by atoms with Crippen molar-refractivity contribution in [3.05, 3.63) is 21.9 Å². The number of hydrogen-bond donors (Lipinski definition) is 2. The summed E-state index contributed by atoms with van der Waals surface area (Å²) in [5.74, 6) is -0.0738. The summed E-state index contributed by atoms with van der Waals surface area (Å²) in [6.45, 7) is 0.532. The van der Waals surface area contributed by atoms with Crippen LogP contribution in [-0.4, -0.2) is 22.2 Å². The first-order valence-electron chi connectivity index (χ1n) is 3.07. The number of nitro groups is 1. The van der Waals surface area contributed by atoms with Gasteiger partial charge in [0.1, 0.15) is 5.69 Å². The lowest BCUT2D eigenvalue weighted by Crippen LogP contribution is -2.04. The minimum Gasteiger partial charge on any atom is -0.358 e. The van der Waals surface area contributed by atoms with E-state index in [9.17, 15) is 10.1 Å². The molecule has 1 heterocycles. The molecule has 0 radical (unpaired) electrons. The van der Waals surface area contributed by atoms with E-state index in [0.29, 0.717) is 12.2 Å². The van der Waals surface area contributed by atoms with E-state index in [1.165, 1.54) is 6.07 Å². The molecule has 0 saturated heterocycles. The molecule has 0 aliphatic heterocycles. The molecular formula is C5H8N4O2. The van der Waals surface area contributed by atoms with Gasteiger partial charge in [-0.15, -0.1) is 5.10 Å². The van der Waals surface area contributed by atoms with E-state index in [2.05, 4.69) is 15.5 Å². The third-order valence-electron chi connectivity index (χ3n) is 1.17. The maximum absolute atomic E-state index is 10.1. The highest BCUT2D eigenvalue weighted by atomic mass is 16.6. The zero-order valence-electron chi connectivity index (χ0n) is 6.00. The predicted molar refractivity (Wildman–Crippen MR) is 38.0 cm³/mol. The number of rotatable bonds is 3. The van der Waals surface area contributed by atoms with Crippen molar-refractivity contribution < 1.29 is 4.92 Å². The molecule has 0 saturated carbocycles. The summed E-state index contributed by atoms with van der Waals surface area (Å²) in [5.41, 5.74) is 0.638. The maximum atomic E-state index is 10.1. The third-order valence-corrected chi connectivity index (χ3v) is 1.17. The normalized spacial score (nSPS) is 9.91. The lowest BCUT2D eigenvalue weighted by atomic mass is 10.4. The summed E-state index contributed by atoms with van der Waals surface area (Å²) in [6, 6.07) is 1.40. The van der Waals surface area contributed by atoms with Gasteiger partial charge < -0.3 is 15.4 Å². The Hall–Kier alpha value is -1.43. The number of nitrogens with one attached hydrogen (secondary N) is 2. The van der Waals surface area contributed by atoms with Gasteiger partial charge in [0.05, 0.1) is 6.07 Å². The van der Waals surface area contributed by atoms with Gasteiger partial charge in [-0.1, -0.05) is 5.10 Å². The Morgan fingerprint density at radius 1 is 1.91 bits per heavy atom. The van der Waals surface area contributed by atoms with Crippen molar-refractivity contribution in [2.45, 2.75) is 6.54 Å². The van der Waals surface area contributed by atoms with Crippen LogP contribution in [0.2, 0.25) is 0 Å². The fraction of sp³-hybridized carbons (Fsp3) is 0.400. The standard InChI is InChI=1S/C5H8N4O2/c1-6-3-4-2-5(8-7-4)9(10)11/h2,6H,3H2,1H3,(H,7,8). The van der Waals surface area contributed by atoms with E-state index in [0.717, 1.165) is 0 Å². The minimum absolute atomic E-state index is 0.0738. The zero-order chi connectivity index (χ0) is 8.27. The van der Waals surface area contributed by atoms with Crippen LogP contribution in [0.3, 0.4) is 0 Å². The highest BCUT2D eigenvalue weighted by molar-refractivity contribution is 5.20. The molecular weight excluding hydrogens is 148 g/mol. The molecule has 6 nitrogen and oxygen atoms in total. The Morgan fingerprint density at radius 2 is 2.64 bits per heavy atom. The van der Waals surface area contributed by atoms with Crippen molar-refractivity contribution in [3.63, 3.8) is 0 Å². The largest absolute Gasteiger partial charge is 0.358 e. The fourth-order valence-corrected chi connectivity index (χ4v) is 0.717. The maximum Gasteiger partial charge on any atom is 0.342 e. The summed E-state index contributed by atoms with van der Waals surface area (Å²) >= 11 is 0. The smallest absolute Gasteiger partial charge is 0.342 e. The van der Waals surface area contributed by atoms with Gasteiger partial charge in [0, 0.05) is 6.54 Å². The van der Waals surface area contributed by atoms with Crippen LogP contribution in [0, 0.1) is 10.1 Å². The van der Waals surface area contributed by atoms with Crippen LogP contribution >= 0.6 is 0 Å². The highest BCUT2D eigenvalue weighted by Crippen LogP contribution is 2.06. The Kier molecular flexibility index (Phi) is 2.17. The van der Waals surface area contributed by atoms with Gasteiger partial charge in [-0.2, -0.15) is 0 Å². The topological polar surface area (TPSA) is 83.9 Å². The molecule has 0 fully saturated rings. The first kappa shape index (κ1) is 7.67. The zero-order valence-corrected chi connectivity index (χ0v) is 6.00. The molecule has 0 spiro atoms. The lowest BCUT2D eigenvalue weighted by Gasteiger charge is -1.87. The monoisotopic (exact) mass is 156 g/mol. The van der Waals surface area contributed by atoms with Gasteiger partial charge in [0.15, 0.2) is 0 Å². The van der Waals surface area contributed by atoms with Gasteiger partial charge in [-0.05, 0) is 12.0 Å². The summed E-state index contributed by atoms with van der Waals surface area (Å²) in [5, 5.41) is 19.0. The highest BCUT2D eigenvalue weighted by Gasteiger charge is 2.07. The van der Waals surface area contributed by atoms with E-state index in [-0.39, 0.29) is 5.82 Å². The van der Waals surface area contributed by atoms with Crippen LogP contribution in [0.5, 0.6) is 0 Å². The van der Waals surface area contributed by atoms with Crippen LogP contribution < -0.4 is 5.32 Å². The lowest BCUT2D eigenvalue weighted by molar-refractivity contribution is -0.389. The molecule has 60 valence electrons. The molecule has 0 amide bonds. The fourth-order valence-electron chi connectivity index (χ4n) is 0.717. The first-order chi connectivity index (χ1) is 5.24. The van der Waals surface area contributed by atoms with E-state index in [1.807, 2.05) is 0 Å². The van der Waals surface area contributed by atoms with Crippen molar-refractivity contribution in [2.24, 2.45) is 0 Å². The average Bonchev–Trinajstić information content (AvgIpc) is 2.37. The summed E-state index contributed by atoms with van der Waals surface area (Å²) < 4.78 is 0. The van der Waals surface area contributed by atoms with Gasteiger partial charge in [-0.3, -0.25) is 0 Å². The van der Waals surface area contributed by atoms with Gasteiger partial charge in [0.2, 0.25) is 0 Å². The minimum atomic E-state index is -0.508. The van der Waals surface area contributed by atoms with Crippen LogP contribution in [0.1, 0.15) is 5.69 Å². The molecule has 0 atom stereocenters. The third kappa shape index (κ3) is 1.74. The SMILES string of the molecule is CNCc1cc([N+](=O)[O-])[nH]n1. The van der Waals surface area contributed by atoms with Crippen molar-refractivity contribution in [1.29, 1.82) is 0 Å². The Morgan fingerprint density at radius 3 is 3.09 bits per heavy atom. The Labute approximate surface area is 62.8 Å². The molecule has 1 rings (SSSR count). The molecule has 0 aliphatic carbocycles. The van der Waals surface area contributed by atoms with Crippen molar-refractivity contribution in [1.82, 2.24) is 15.5 Å². The predicted octanol–water partition coefficient (Wildman–Crippen LogP) is 0.0373. The van der Waals surface area contributed by atoms with Crippen LogP contribution in [-0.2, 0) is 6.54 Å². The van der Waals surface area contributed by atoms with E-state index >= 15 is 0 Å². The van der Waals surface area contributed by atoms with Crippen molar-refractivity contribution in [2.75, 3.05) is 7.05 Å². The molecule has 0 bridgehead atoms. The van der Waals surface area contributed by atoms with Crippen LogP contribution in [0.25, 0.3) is 0 Å². The molecule has 11 heavy (non-hydrogen) atoms. The number of aromatic nitrogens is 2. The second-order valence-corrected chi connectivity index (χ2v) is 2.03. The number of H-pyrrole nitrogens is 1. The van der Waals surface area contributed by atoms with Crippen molar-refractivity contribution >= 4 is 5.82 Å². The molecule has 6 heteroatoms. The molecule has 1 aromatic rings. The van der Waals surface area contributed by atoms with Crippen LogP contribution in [0.15, 0.2) is 6.07 Å². The molecule has 1 aromatic heterocycles. The molecule has 0 aliphatic rings. The second kappa shape index (κ2) is 3.11. The summed E-state index contributed by atoms with van der Waals surface area (Å²) in [6.07, 6.45) is 0. The average molecular weight is 156 g/mol. The van der Waals surface area contributed by atoms with Gasteiger partial charge in [0.25, 0.3) is 0 Å². The number of aromatic amines is 1. The summed E-state index contributed by atoms with van der Waals surface area (Å²) in [4.78, 5) is 9.62. The van der Waals surface area contributed by atoms with Crippen LogP contribution in [0.4, 0.5) is 5.82 Å². The Bertz CT molecular complexity index is 257. The van der Waals surface area contributed by atoms with Crippen molar-refractivity contribution in [3.8, 4) is 0 Å². The van der Waals surface area contributed by atoms with Gasteiger partial charge in [-0.25, -0.2) is 0 Å². The van der Waals surface area contributed by atoms with E-state index < -0.39 is 4.92 Å². The Balaban J connectivity index is 2.73. The van der Waals surface area contributed by atoms with E-state index in [1.54, 1.807) is 7.05 Å². The number of hydrogen-bond acceptors (Lipinski definition) is 4. The van der Waals surface area contributed by atoms with Gasteiger partial charge >= 0.3 is 5.82 Å². The molecule has 0 unspecified atom stereocenters. The number of nitrogens with zero attached hydrogens (tertiary/aromatic N) is 2. The first-order valence-corrected chi connectivity index (χ1v) is 3.07. The van der Waals surface area contributed by atoms with E-state index in [4.69, 9.17) is 0 Å². The molecule has 0 aromatic carbocycles. The molecule has 2 N–H and O–H groups in total. The summed E-state index contributed by atoms with van der Waals surface area (Å²) in [7, 11) is 1.75. The quantitative estimate of drug-likeness (QED) is 0.478.